The standard InChI is InChI=1S/C14H19N5OS/c1-4-5-16-13-7-15-6-11(18-13)14(20)19(3)8-12-10(2)17-9-21-12/h6-7,9H,4-5,8H2,1-3H3,(H,16,18). The normalized spacial score (nSPS) is 10.4. The van der Waals surface area contributed by atoms with Crippen LogP contribution in [0.4, 0.5) is 5.82 Å². The molecule has 0 spiro atoms. The van der Waals surface area contributed by atoms with Crippen molar-refractivity contribution in [2.24, 2.45) is 0 Å². The van der Waals surface area contributed by atoms with Crippen molar-refractivity contribution in [1.29, 1.82) is 0 Å². The smallest absolute Gasteiger partial charge is 0.274 e. The summed E-state index contributed by atoms with van der Waals surface area (Å²) in [4.78, 5) is 27.7. The van der Waals surface area contributed by atoms with Crippen LogP contribution in [0, 0.1) is 6.92 Å². The third-order valence-corrected chi connectivity index (χ3v) is 3.90. The first kappa shape index (κ1) is 15.4. The van der Waals surface area contributed by atoms with Crippen LogP contribution in [0.15, 0.2) is 17.9 Å². The van der Waals surface area contributed by atoms with Gasteiger partial charge in [-0.25, -0.2) is 9.97 Å². The van der Waals surface area contributed by atoms with E-state index in [1.165, 1.54) is 6.20 Å². The van der Waals surface area contributed by atoms with Crippen LogP contribution < -0.4 is 5.32 Å². The summed E-state index contributed by atoms with van der Waals surface area (Å²) in [5, 5.41) is 3.13. The zero-order valence-electron chi connectivity index (χ0n) is 12.5. The van der Waals surface area contributed by atoms with E-state index in [9.17, 15) is 4.79 Å². The minimum atomic E-state index is -0.143. The number of carbonyl (C=O) groups is 1. The number of amides is 1. The average Bonchev–Trinajstić information content (AvgIpc) is 2.90. The third kappa shape index (κ3) is 3.98. The maximum atomic E-state index is 12.4. The molecule has 6 nitrogen and oxygen atoms in total. The quantitative estimate of drug-likeness (QED) is 0.887. The van der Waals surface area contributed by atoms with Crippen LogP contribution in [-0.2, 0) is 6.54 Å². The van der Waals surface area contributed by atoms with Crippen LogP contribution in [0.3, 0.4) is 0 Å². The fourth-order valence-corrected chi connectivity index (χ4v) is 2.60. The van der Waals surface area contributed by atoms with Gasteiger partial charge in [-0.1, -0.05) is 6.92 Å². The molecule has 0 aromatic carbocycles. The second-order valence-electron chi connectivity index (χ2n) is 4.74. The van der Waals surface area contributed by atoms with Crippen LogP contribution in [0.1, 0.15) is 34.4 Å². The maximum Gasteiger partial charge on any atom is 0.274 e. The summed E-state index contributed by atoms with van der Waals surface area (Å²) in [7, 11) is 1.76. The lowest BCUT2D eigenvalue weighted by Gasteiger charge is -2.16. The van der Waals surface area contributed by atoms with E-state index in [1.807, 2.05) is 6.92 Å². The zero-order chi connectivity index (χ0) is 15.2. The molecule has 2 heterocycles. The van der Waals surface area contributed by atoms with Gasteiger partial charge in [0.1, 0.15) is 11.5 Å². The topological polar surface area (TPSA) is 71.0 Å². The van der Waals surface area contributed by atoms with E-state index < -0.39 is 0 Å². The lowest BCUT2D eigenvalue weighted by atomic mass is 10.3. The Morgan fingerprint density at radius 3 is 2.90 bits per heavy atom. The number of nitrogens with one attached hydrogen (secondary N) is 1. The van der Waals surface area contributed by atoms with Crippen molar-refractivity contribution in [1.82, 2.24) is 19.9 Å². The molecule has 1 N–H and O–H groups in total. The minimum Gasteiger partial charge on any atom is -0.369 e. The maximum absolute atomic E-state index is 12.4. The monoisotopic (exact) mass is 305 g/mol. The van der Waals surface area contributed by atoms with E-state index in [2.05, 4.69) is 27.2 Å². The number of aromatic nitrogens is 3. The van der Waals surface area contributed by atoms with E-state index in [-0.39, 0.29) is 5.91 Å². The molecule has 0 atom stereocenters. The Labute approximate surface area is 128 Å². The molecule has 2 aromatic heterocycles. The average molecular weight is 305 g/mol. The number of hydrogen-bond donors (Lipinski definition) is 1. The van der Waals surface area contributed by atoms with Gasteiger partial charge in [0.2, 0.25) is 0 Å². The third-order valence-electron chi connectivity index (χ3n) is 2.98. The first-order valence-electron chi connectivity index (χ1n) is 6.82. The highest BCUT2D eigenvalue weighted by Crippen LogP contribution is 2.15. The molecule has 0 aliphatic heterocycles. The molecule has 2 rings (SSSR count). The first-order chi connectivity index (χ1) is 10.1. The highest BCUT2D eigenvalue weighted by molar-refractivity contribution is 7.09. The van der Waals surface area contributed by atoms with Crippen LogP contribution in [-0.4, -0.2) is 39.4 Å². The molecule has 21 heavy (non-hydrogen) atoms. The Morgan fingerprint density at radius 2 is 2.24 bits per heavy atom. The number of nitrogens with zero attached hydrogens (tertiary/aromatic N) is 4. The molecule has 0 saturated carbocycles. The largest absolute Gasteiger partial charge is 0.369 e. The first-order valence-corrected chi connectivity index (χ1v) is 7.70. The van der Waals surface area contributed by atoms with Crippen molar-refractivity contribution < 1.29 is 4.79 Å². The van der Waals surface area contributed by atoms with Crippen LogP contribution in [0.2, 0.25) is 0 Å². The van der Waals surface area contributed by atoms with Gasteiger partial charge in [0, 0.05) is 18.5 Å². The summed E-state index contributed by atoms with van der Waals surface area (Å²) in [6.45, 7) is 5.35. The van der Waals surface area contributed by atoms with E-state index in [4.69, 9.17) is 0 Å². The highest BCUT2D eigenvalue weighted by Gasteiger charge is 2.16. The van der Waals surface area contributed by atoms with Crippen LogP contribution in [0.25, 0.3) is 0 Å². The molecule has 1 amide bonds. The summed E-state index contributed by atoms with van der Waals surface area (Å²) in [6.07, 6.45) is 4.11. The van der Waals surface area contributed by atoms with Gasteiger partial charge in [-0.15, -0.1) is 11.3 Å². The molecule has 0 saturated heterocycles. The molecule has 0 radical (unpaired) electrons. The second kappa shape index (κ2) is 7.12. The van der Waals surface area contributed by atoms with Crippen molar-refractivity contribution in [3.05, 3.63) is 34.2 Å². The predicted molar refractivity (Wildman–Crippen MR) is 83.5 cm³/mol. The number of rotatable bonds is 6. The van der Waals surface area contributed by atoms with Gasteiger partial charge >= 0.3 is 0 Å². The van der Waals surface area contributed by atoms with Gasteiger partial charge in [-0.2, -0.15) is 0 Å². The van der Waals surface area contributed by atoms with Crippen molar-refractivity contribution >= 4 is 23.1 Å². The molecule has 0 aliphatic carbocycles. The van der Waals surface area contributed by atoms with Gasteiger partial charge in [0.15, 0.2) is 0 Å². The van der Waals surface area contributed by atoms with Crippen molar-refractivity contribution in [2.45, 2.75) is 26.8 Å². The number of hydrogen-bond acceptors (Lipinski definition) is 6. The van der Waals surface area contributed by atoms with Crippen LogP contribution in [0.5, 0.6) is 0 Å². The molecule has 2 aromatic rings. The lowest BCUT2D eigenvalue weighted by molar-refractivity contribution is 0.0780. The molecular weight excluding hydrogens is 286 g/mol. The predicted octanol–water partition coefficient (Wildman–Crippen LogP) is 2.34. The number of anilines is 1. The van der Waals surface area contributed by atoms with E-state index in [1.54, 1.807) is 35.0 Å². The summed E-state index contributed by atoms with van der Waals surface area (Å²) in [5.41, 5.74) is 3.10. The fraction of sp³-hybridized carbons (Fsp3) is 0.429. The summed E-state index contributed by atoms with van der Waals surface area (Å²) < 4.78 is 0. The summed E-state index contributed by atoms with van der Waals surface area (Å²) in [6, 6.07) is 0. The molecule has 0 unspecified atom stereocenters. The van der Waals surface area contributed by atoms with Crippen LogP contribution >= 0.6 is 11.3 Å². The lowest BCUT2D eigenvalue weighted by Crippen LogP contribution is -2.27. The molecule has 0 bridgehead atoms. The van der Waals surface area contributed by atoms with E-state index in [0.717, 1.165) is 23.5 Å². The minimum absolute atomic E-state index is 0.143. The van der Waals surface area contributed by atoms with Gasteiger partial charge in [0.25, 0.3) is 5.91 Å². The summed E-state index contributed by atoms with van der Waals surface area (Å²) in [5.74, 6) is 0.487. The van der Waals surface area contributed by atoms with E-state index in [0.29, 0.717) is 18.1 Å². The highest BCUT2D eigenvalue weighted by atomic mass is 32.1. The number of thiazole rings is 1. The Hall–Kier alpha value is -2.02. The molecule has 112 valence electrons. The Kier molecular flexibility index (Phi) is 5.21. The number of carbonyl (C=O) groups excluding carboxylic acids is 1. The molecular formula is C14H19N5OS. The molecule has 0 fully saturated rings. The van der Waals surface area contributed by atoms with Gasteiger partial charge in [0.05, 0.1) is 30.1 Å². The zero-order valence-corrected chi connectivity index (χ0v) is 13.3. The SMILES string of the molecule is CCCNc1cncc(C(=O)N(C)Cc2scnc2C)n1. The molecule has 7 heteroatoms. The second-order valence-corrected chi connectivity index (χ2v) is 5.68. The summed E-state index contributed by atoms with van der Waals surface area (Å²) >= 11 is 1.55. The van der Waals surface area contributed by atoms with E-state index >= 15 is 0 Å². The van der Waals surface area contributed by atoms with Gasteiger partial charge in [-0.3, -0.25) is 9.78 Å². The Morgan fingerprint density at radius 1 is 1.43 bits per heavy atom. The van der Waals surface area contributed by atoms with Gasteiger partial charge < -0.3 is 10.2 Å². The Balaban J connectivity index is 2.06. The van der Waals surface area contributed by atoms with Crippen molar-refractivity contribution in [2.75, 3.05) is 18.9 Å². The van der Waals surface area contributed by atoms with Crippen molar-refractivity contribution in [3.8, 4) is 0 Å². The van der Waals surface area contributed by atoms with Gasteiger partial charge in [-0.05, 0) is 13.3 Å². The number of aryl methyl sites for hydroxylation is 1. The van der Waals surface area contributed by atoms with Crippen molar-refractivity contribution in [3.63, 3.8) is 0 Å². The molecule has 0 aliphatic rings. The Bertz CT molecular complexity index is 613. The fourth-order valence-electron chi connectivity index (χ4n) is 1.77.